The number of hydrogen-bond donors (Lipinski definition) is 2. The summed E-state index contributed by atoms with van der Waals surface area (Å²) in [5.74, 6) is -0.566. The average Bonchev–Trinajstić information content (AvgIpc) is 2.51. The van der Waals surface area contributed by atoms with E-state index in [0.717, 1.165) is 5.69 Å². The van der Waals surface area contributed by atoms with Gasteiger partial charge in [0.15, 0.2) is 5.82 Å². The maximum absolute atomic E-state index is 11.2. The summed E-state index contributed by atoms with van der Waals surface area (Å²) in [7, 11) is 0. The quantitative estimate of drug-likeness (QED) is 0.564. The molecular weight excluding hydrogens is 198 g/mol. The predicted octanol–water partition coefficient (Wildman–Crippen LogP) is 0.610. The van der Waals surface area contributed by atoms with Crippen molar-refractivity contribution < 1.29 is 14.3 Å². The van der Waals surface area contributed by atoms with Gasteiger partial charge in [-0.3, -0.25) is 14.7 Å². The van der Waals surface area contributed by atoms with Crippen LogP contribution >= 0.6 is 0 Å². The Bertz CT molecular complexity index is 359. The first-order valence-electron chi connectivity index (χ1n) is 4.59. The smallest absolute Gasteiger partial charge is 0.315 e. The molecule has 0 unspecified atom stereocenters. The summed E-state index contributed by atoms with van der Waals surface area (Å²) in [6.07, 6.45) is -0.292. The second-order valence-corrected chi connectivity index (χ2v) is 2.97. The molecule has 6 heteroatoms. The molecule has 0 bridgehead atoms. The van der Waals surface area contributed by atoms with Crippen molar-refractivity contribution in [3.8, 4) is 0 Å². The summed E-state index contributed by atoms with van der Waals surface area (Å²) in [4.78, 5) is 22.2. The Morgan fingerprint density at radius 2 is 2.33 bits per heavy atom. The number of carbonyl (C=O) groups excluding carboxylic acids is 2. The number of carbonyl (C=O) groups is 2. The van der Waals surface area contributed by atoms with E-state index < -0.39 is 11.9 Å². The first-order chi connectivity index (χ1) is 7.11. The molecule has 6 nitrogen and oxygen atoms in total. The summed E-state index contributed by atoms with van der Waals surface area (Å²) in [6.45, 7) is 3.77. The summed E-state index contributed by atoms with van der Waals surface area (Å²) in [5, 5.41) is 8.94. The number of anilines is 1. The van der Waals surface area contributed by atoms with Gasteiger partial charge in [0.2, 0.25) is 5.91 Å². The van der Waals surface area contributed by atoms with E-state index >= 15 is 0 Å². The molecule has 0 aliphatic carbocycles. The fourth-order valence-corrected chi connectivity index (χ4v) is 1.01. The fraction of sp³-hybridized carbons (Fsp3) is 0.444. The van der Waals surface area contributed by atoms with Crippen LogP contribution in [0.5, 0.6) is 0 Å². The van der Waals surface area contributed by atoms with E-state index in [0.29, 0.717) is 5.82 Å². The molecule has 0 spiro atoms. The van der Waals surface area contributed by atoms with Gasteiger partial charge in [0, 0.05) is 11.8 Å². The van der Waals surface area contributed by atoms with Gasteiger partial charge in [-0.05, 0) is 13.8 Å². The summed E-state index contributed by atoms with van der Waals surface area (Å²) < 4.78 is 4.63. The van der Waals surface area contributed by atoms with Gasteiger partial charge in [0.1, 0.15) is 6.42 Å². The number of H-pyrrole nitrogens is 1. The van der Waals surface area contributed by atoms with E-state index in [-0.39, 0.29) is 13.0 Å². The van der Waals surface area contributed by atoms with E-state index in [1.54, 1.807) is 13.0 Å². The van der Waals surface area contributed by atoms with E-state index in [1.807, 2.05) is 6.92 Å². The third-order valence-electron chi connectivity index (χ3n) is 1.58. The molecule has 1 amide bonds. The van der Waals surface area contributed by atoms with Crippen molar-refractivity contribution >= 4 is 17.7 Å². The van der Waals surface area contributed by atoms with Crippen LogP contribution in [0.15, 0.2) is 6.07 Å². The highest BCUT2D eigenvalue weighted by Crippen LogP contribution is 2.04. The van der Waals surface area contributed by atoms with Gasteiger partial charge in [-0.1, -0.05) is 0 Å². The summed E-state index contributed by atoms with van der Waals surface area (Å²) in [6, 6.07) is 1.67. The maximum atomic E-state index is 11.2. The van der Waals surface area contributed by atoms with Gasteiger partial charge in [0.25, 0.3) is 0 Å². The van der Waals surface area contributed by atoms with Crippen LogP contribution in [-0.4, -0.2) is 28.7 Å². The second-order valence-electron chi connectivity index (χ2n) is 2.97. The highest BCUT2D eigenvalue weighted by molar-refractivity contribution is 6.01. The van der Waals surface area contributed by atoms with Crippen LogP contribution in [0, 0.1) is 6.92 Å². The third kappa shape index (κ3) is 3.80. The van der Waals surface area contributed by atoms with Gasteiger partial charge in [-0.2, -0.15) is 5.10 Å². The van der Waals surface area contributed by atoms with Gasteiger partial charge in [0.05, 0.1) is 6.61 Å². The van der Waals surface area contributed by atoms with E-state index in [9.17, 15) is 9.59 Å². The lowest BCUT2D eigenvalue weighted by molar-refractivity contribution is -0.145. The fourth-order valence-electron chi connectivity index (χ4n) is 1.01. The number of nitrogens with zero attached hydrogens (tertiary/aromatic N) is 1. The normalized spacial score (nSPS) is 9.73. The zero-order chi connectivity index (χ0) is 11.3. The number of ether oxygens (including phenoxy) is 1. The molecule has 0 fully saturated rings. The number of aryl methyl sites for hydroxylation is 1. The number of aromatic amines is 1. The minimum atomic E-state index is -0.540. The van der Waals surface area contributed by atoms with Crippen LogP contribution in [0.25, 0.3) is 0 Å². The van der Waals surface area contributed by atoms with E-state index in [4.69, 9.17) is 0 Å². The van der Waals surface area contributed by atoms with Crippen molar-refractivity contribution in [2.45, 2.75) is 20.3 Å². The van der Waals surface area contributed by atoms with Gasteiger partial charge in [-0.15, -0.1) is 0 Å². The van der Waals surface area contributed by atoms with Gasteiger partial charge < -0.3 is 10.1 Å². The van der Waals surface area contributed by atoms with Crippen LogP contribution in [0.2, 0.25) is 0 Å². The van der Waals surface area contributed by atoms with Crippen LogP contribution < -0.4 is 5.32 Å². The minimum Gasteiger partial charge on any atom is -0.466 e. The molecule has 1 aromatic rings. The zero-order valence-corrected chi connectivity index (χ0v) is 8.66. The Morgan fingerprint density at radius 1 is 1.60 bits per heavy atom. The Labute approximate surface area is 87.0 Å². The molecule has 0 saturated carbocycles. The lowest BCUT2D eigenvalue weighted by Crippen LogP contribution is -2.18. The number of esters is 1. The molecule has 0 aliphatic heterocycles. The SMILES string of the molecule is CCOC(=O)CC(=O)Nc1cc(C)[nH]n1. The average molecular weight is 211 g/mol. The van der Waals surface area contributed by atoms with Gasteiger partial charge >= 0.3 is 5.97 Å². The van der Waals surface area contributed by atoms with Crippen LogP contribution in [0.3, 0.4) is 0 Å². The van der Waals surface area contributed by atoms with Crippen LogP contribution in [0.4, 0.5) is 5.82 Å². The topological polar surface area (TPSA) is 84.1 Å². The molecule has 1 aromatic heterocycles. The van der Waals surface area contributed by atoms with Crippen LogP contribution in [0.1, 0.15) is 19.0 Å². The third-order valence-corrected chi connectivity index (χ3v) is 1.58. The largest absolute Gasteiger partial charge is 0.466 e. The van der Waals surface area contributed by atoms with Crippen molar-refractivity contribution in [2.24, 2.45) is 0 Å². The first kappa shape index (κ1) is 11.2. The van der Waals surface area contributed by atoms with Crippen LogP contribution in [-0.2, 0) is 14.3 Å². The number of rotatable bonds is 4. The molecule has 1 heterocycles. The molecule has 0 radical (unpaired) electrons. The van der Waals surface area contributed by atoms with Gasteiger partial charge in [-0.25, -0.2) is 0 Å². The number of nitrogens with one attached hydrogen (secondary N) is 2. The monoisotopic (exact) mass is 211 g/mol. The Balaban J connectivity index is 2.39. The lowest BCUT2D eigenvalue weighted by Gasteiger charge is -2.01. The molecular formula is C9H13N3O3. The van der Waals surface area contributed by atoms with Crippen molar-refractivity contribution in [2.75, 3.05) is 11.9 Å². The predicted molar refractivity (Wildman–Crippen MR) is 53.2 cm³/mol. The Hall–Kier alpha value is -1.85. The van der Waals surface area contributed by atoms with Crippen molar-refractivity contribution in [3.63, 3.8) is 0 Å². The van der Waals surface area contributed by atoms with E-state index in [2.05, 4.69) is 20.3 Å². The zero-order valence-electron chi connectivity index (χ0n) is 8.66. The standard InChI is InChI=1S/C9H13N3O3/c1-3-15-9(14)5-8(13)10-7-4-6(2)11-12-7/h4H,3,5H2,1-2H3,(H2,10,11,12,13). The Morgan fingerprint density at radius 3 is 2.87 bits per heavy atom. The van der Waals surface area contributed by atoms with Crippen molar-refractivity contribution in [1.29, 1.82) is 0 Å². The number of hydrogen-bond acceptors (Lipinski definition) is 4. The molecule has 2 N–H and O–H groups in total. The highest BCUT2D eigenvalue weighted by atomic mass is 16.5. The molecule has 1 rings (SSSR count). The molecule has 0 aromatic carbocycles. The van der Waals surface area contributed by atoms with Crippen molar-refractivity contribution in [1.82, 2.24) is 10.2 Å². The first-order valence-corrected chi connectivity index (χ1v) is 4.59. The molecule has 82 valence electrons. The molecule has 0 atom stereocenters. The van der Waals surface area contributed by atoms with Crippen molar-refractivity contribution in [3.05, 3.63) is 11.8 Å². The Kier molecular flexibility index (Phi) is 3.84. The highest BCUT2D eigenvalue weighted by Gasteiger charge is 2.11. The molecule has 0 saturated heterocycles. The molecule has 15 heavy (non-hydrogen) atoms. The number of amides is 1. The lowest BCUT2D eigenvalue weighted by atomic mass is 10.4. The van der Waals surface area contributed by atoms with E-state index in [1.165, 1.54) is 0 Å². The maximum Gasteiger partial charge on any atom is 0.315 e. The number of aromatic nitrogens is 2. The minimum absolute atomic E-state index is 0.271. The molecule has 0 aliphatic rings. The summed E-state index contributed by atoms with van der Waals surface area (Å²) in [5.41, 5.74) is 0.835. The summed E-state index contributed by atoms with van der Waals surface area (Å²) >= 11 is 0. The second kappa shape index (κ2) is 5.14.